The molecule has 5 heteroatoms. The van der Waals surface area contributed by atoms with Gasteiger partial charge in [-0.1, -0.05) is 32.2 Å². The normalized spacial score (nSPS) is 21.1. The Hall–Kier alpha value is -0.940. The highest BCUT2D eigenvalue weighted by Crippen LogP contribution is 2.27. The molecule has 1 aromatic heterocycles. The Balaban J connectivity index is 1.88. The van der Waals surface area contributed by atoms with Crippen LogP contribution in [0, 0.1) is 0 Å². The average molecular weight is 285 g/mol. The van der Waals surface area contributed by atoms with E-state index in [2.05, 4.69) is 26.8 Å². The molecule has 1 aliphatic rings. The number of hydrogen-bond acceptors (Lipinski definition) is 5. The van der Waals surface area contributed by atoms with E-state index in [1.54, 1.807) is 0 Å². The van der Waals surface area contributed by atoms with E-state index in [9.17, 15) is 0 Å². The first kappa shape index (κ1) is 9.88. The Morgan fingerprint density at radius 1 is 1.47 bits per heavy atom. The molecule has 0 bridgehead atoms. The molecular weight excluding hydrogens is 258 g/mol. The van der Waals surface area contributed by atoms with E-state index in [1.165, 1.54) is 6.92 Å². The van der Waals surface area contributed by atoms with Crippen molar-refractivity contribution < 1.29 is 10.2 Å². The summed E-state index contributed by atoms with van der Waals surface area (Å²) >= 11 is 1.11. The van der Waals surface area contributed by atoms with E-state index >= 15 is 0 Å². The molecule has 0 atom stereocenters. The van der Waals surface area contributed by atoms with Crippen LogP contribution in [-0.2, 0) is 0 Å². The minimum Gasteiger partial charge on any atom is -0.475 e. The molecule has 0 radical (unpaired) electrons. The molecule has 0 fully saturated rings. The van der Waals surface area contributed by atoms with E-state index < -0.39 is 12.7 Å². The van der Waals surface area contributed by atoms with Crippen LogP contribution in [0.15, 0.2) is 6.08 Å². The first-order valence-corrected chi connectivity index (χ1v) is 7.27. The fourth-order valence-electron chi connectivity index (χ4n) is 1.99. The van der Waals surface area contributed by atoms with Gasteiger partial charge in [-0.3, -0.25) is 0 Å². The summed E-state index contributed by atoms with van der Waals surface area (Å²) in [5.41, 5.74) is 1.89. The number of rotatable bonds is 7. The molecule has 0 saturated heterocycles. The van der Waals surface area contributed by atoms with Gasteiger partial charge in [-0.25, -0.2) is 0 Å². The second kappa shape index (κ2) is 7.60. The molecule has 1 aromatic rings. The summed E-state index contributed by atoms with van der Waals surface area (Å²) in [6.07, 6.45) is -0.0561. The van der Waals surface area contributed by atoms with Crippen molar-refractivity contribution in [1.29, 1.82) is 0 Å². The van der Waals surface area contributed by atoms with Gasteiger partial charge in [0.25, 0.3) is 5.88 Å². The molecule has 0 aliphatic carbocycles. The van der Waals surface area contributed by atoms with Crippen molar-refractivity contribution in [3.05, 3.63) is 11.8 Å². The molecule has 4 nitrogen and oxygen atoms in total. The molecule has 0 N–H and O–H groups in total. The minimum atomic E-state index is -1.87. The van der Waals surface area contributed by atoms with E-state index in [0.717, 1.165) is 42.5 Å². The lowest BCUT2D eigenvalue weighted by molar-refractivity contribution is 0.294. The van der Waals surface area contributed by atoms with Crippen LogP contribution >= 0.6 is 11.7 Å². The maximum Gasteiger partial charge on any atom is 0.253 e. The zero-order valence-corrected chi connectivity index (χ0v) is 12.3. The highest BCUT2D eigenvalue weighted by atomic mass is 32.1. The minimum absolute atomic E-state index is 0.106. The van der Waals surface area contributed by atoms with Crippen LogP contribution < -0.4 is 4.74 Å². The molecule has 0 unspecified atom stereocenters. The van der Waals surface area contributed by atoms with Crippen LogP contribution in [0.4, 0.5) is 0 Å². The third kappa shape index (κ3) is 4.28. The Morgan fingerprint density at radius 2 is 2.37 bits per heavy atom. The van der Waals surface area contributed by atoms with Gasteiger partial charge in [0.1, 0.15) is 5.69 Å². The first-order chi connectivity index (χ1) is 10.7. The van der Waals surface area contributed by atoms with Crippen molar-refractivity contribution in [3.8, 4) is 5.88 Å². The third-order valence-corrected chi connectivity index (χ3v) is 3.48. The van der Waals surface area contributed by atoms with Gasteiger partial charge in [0, 0.05) is 18.6 Å². The summed E-state index contributed by atoms with van der Waals surface area (Å²) in [5, 5.41) is 0. The van der Waals surface area contributed by atoms with Gasteiger partial charge in [-0.05, 0) is 25.5 Å². The predicted molar refractivity (Wildman–Crippen MR) is 79.6 cm³/mol. The van der Waals surface area contributed by atoms with Gasteiger partial charge in [-0.15, -0.1) is 4.37 Å². The van der Waals surface area contributed by atoms with E-state index in [-0.39, 0.29) is 6.42 Å². The van der Waals surface area contributed by atoms with Crippen molar-refractivity contribution in [1.82, 2.24) is 13.6 Å². The molecule has 2 heterocycles. The van der Waals surface area contributed by atoms with Crippen molar-refractivity contribution in [2.24, 2.45) is 0 Å². The maximum absolute atomic E-state index is 7.75. The SMILES string of the molecule is [2H]C([2H])(C)C([2H])([2H])CCCOc1nsnc1C1=CCCN(C)C1. The van der Waals surface area contributed by atoms with Gasteiger partial charge in [0.2, 0.25) is 0 Å². The molecule has 0 amide bonds. The van der Waals surface area contributed by atoms with Gasteiger partial charge in [0.05, 0.1) is 18.3 Å². The molecule has 106 valence electrons. The largest absolute Gasteiger partial charge is 0.475 e. The number of hydrogen-bond donors (Lipinski definition) is 0. The van der Waals surface area contributed by atoms with Crippen molar-refractivity contribution in [3.63, 3.8) is 0 Å². The summed E-state index contributed by atoms with van der Waals surface area (Å²) in [6, 6.07) is 0. The molecule has 1 aliphatic heterocycles. The summed E-state index contributed by atoms with van der Waals surface area (Å²) in [4.78, 5) is 2.22. The maximum atomic E-state index is 7.75. The molecular formula is C14H23N3OS. The van der Waals surface area contributed by atoms with Crippen LogP contribution in [0.3, 0.4) is 0 Å². The van der Waals surface area contributed by atoms with Gasteiger partial charge >= 0.3 is 0 Å². The van der Waals surface area contributed by atoms with Crippen LogP contribution in [-0.4, -0.2) is 40.4 Å². The van der Waals surface area contributed by atoms with Crippen molar-refractivity contribution >= 4 is 17.3 Å². The number of ether oxygens (including phenoxy) is 1. The lowest BCUT2D eigenvalue weighted by atomic mass is 10.1. The van der Waals surface area contributed by atoms with E-state index in [1.807, 2.05) is 0 Å². The first-order valence-electron chi connectivity index (χ1n) is 8.54. The van der Waals surface area contributed by atoms with Crippen LogP contribution in [0.1, 0.15) is 50.1 Å². The number of nitrogens with zero attached hydrogens (tertiary/aromatic N) is 3. The lowest BCUT2D eigenvalue weighted by Gasteiger charge is -2.22. The van der Waals surface area contributed by atoms with Gasteiger partial charge in [0.15, 0.2) is 0 Å². The number of likely N-dealkylation sites (N-methyl/N-ethyl adjacent to an activating group) is 1. The van der Waals surface area contributed by atoms with Crippen LogP contribution in [0.2, 0.25) is 0 Å². The fourth-order valence-corrected chi connectivity index (χ4v) is 2.52. The van der Waals surface area contributed by atoms with Crippen molar-refractivity contribution in [2.45, 2.75) is 38.9 Å². The van der Waals surface area contributed by atoms with Gasteiger partial charge < -0.3 is 9.64 Å². The second-order valence-corrected chi connectivity index (χ2v) is 5.08. The Morgan fingerprint density at radius 3 is 3.16 bits per heavy atom. The monoisotopic (exact) mass is 285 g/mol. The average Bonchev–Trinajstić information content (AvgIpc) is 2.91. The zero-order chi connectivity index (χ0) is 17.1. The Labute approximate surface area is 125 Å². The highest BCUT2D eigenvalue weighted by molar-refractivity contribution is 6.99. The summed E-state index contributed by atoms with van der Waals surface area (Å²) < 4.78 is 44.7. The molecule has 19 heavy (non-hydrogen) atoms. The standard InChI is InChI=1S/C14H23N3OS/c1-3-4-5-6-10-18-14-13(15-19-16-14)12-8-7-9-17(2)11-12/h8H,3-7,9-11H2,1-2H3/i3D2,4D2. The summed E-state index contributed by atoms with van der Waals surface area (Å²) in [7, 11) is 2.06. The molecule has 2 rings (SSSR count). The zero-order valence-electron chi connectivity index (χ0n) is 15.5. The smallest absolute Gasteiger partial charge is 0.253 e. The van der Waals surface area contributed by atoms with E-state index in [4.69, 9.17) is 10.2 Å². The molecule has 0 aromatic carbocycles. The van der Waals surface area contributed by atoms with E-state index in [0.29, 0.717) is 18.9 Å². The van der Waals surface area contributed by atoms with Gasteiger partial charge in [-0.2, -0.15) is 4.37 Å². The lowest BCUT2D eigenvalue weighted by Crippen LogP contribution is -2.25. The second-order valence-electron chi connectivity index (χ2n) is 4.55. The quantitative estimate of drug-likeness (QED) is 0.721. The summed E-state index contributed by atoms with van der Waals surface area (Å²) in [6.45, 7) is 3.42. The third-order valence-electron chi connectivity index (χ3n) is 2.97. The van der Waals surface area contributed by atoms with Crippen molar-refractivity contribution in [2.75, 3.05) is 26.7 Å². The highest BCUT2D eigenvalue weighted by Gasteiger charge is 2.18. The molecule has 0 spiro atoms. The number of aromatic nitrogens is 2. The molecule has 0 saturated carbocycles. The topological polar surface area (TPSA) is 38.3 Å². The Bertz CT molecular complexity index is 556. The summed E-state index contributed by atoms with van der Waals surface area (Å²) in [5.74, 6) is 0.497. The van der Waals surface area contributed by atoms with Crippen LogP contribution in [0.25, 0.3) is 5.57 Å². The Kier molecular flexibility index (Phi) is 3.95. The van der Waals surface area contributed by atoms with Crippen LogP contribution in [0.5, 0.6) is 5.88 Å². The fraction of sp³-hybridized carbons (Fsp3) is 0.714. The predicted octanol–water partition coefficient (Wildman–Crippen LogP) is 3.22.